The second-order valence-corrected chi connectivity index (χ2v) is 6.22. The van der Waals surface area contributed by atoms with Crippen LogP contribution in [0.15, 0.2) is 28.7 Å². The number of rotatable bonds is 7. The van der Waals surface area contributed by atoms with Gasteiger partial charge in [-0.05, 0) is 29.5 Å². The lowest BCUT2D eigenvalue weighted by Gasteiger charge is -2.27. The minimum Gasteiger partial charge on any atom is -0.314 e. The fourth-order valence-corrected chi connectivity index (χ4v) is 2.93. The van der Waals surface area contributed by atoms with Crippen LogP contribution in [0.4, 0.5) is 0 Å². The van der Waals surface area contributed by atoms with Crippen LogP contribution in [-0.4, -0.2) is 12.6 Å². The van der Waals surface area contributed by atoms with Gasteiger partial charge < -0.3 is 5.32 Å². The van der Waals surface area contributed by atoms with Gasteiger partial charge in [0.2, 0.25) is 0 Å². The van der Waals surface area contributed by atoms with Crippen molar-refractivity contribution in [3.8, 4) is 0 Å². The van der Waals surface area contributed by atoms with Crippen LogP contribution < -0.4 is 5.32 Å². The summed E-state index contributed by atoms with van der Waals surface area (Å²) < 4.78 is 1.18. The maximum absolute atomic E-state index is 3.60. The highest BCUT2D eigenvalue weighted by Gasteiger charge is 2.20. The molecule has 2 heteroatoms. The van der Waals surface area contributed by atoms with Crippen molar-refractivity contribution in [3.63, 3.8) is 0 Å². The van der Waals surface area contributed by atoms with Crippen LogP contribution in [0.3, 0.4) is 0 Å². The van der Waals surface area contributed by atoms with Crippen molar-refractivity contribution in [2.75, 3.05) is 6.54 Å². The highest BCUT2D eigenvalue weighted by Crippen LogP contribution is 2.30. The van der Waals surface area contributed by atoms with Gasteiger partial charge in [-0.1, -0.05) is 68.6 Å². The molecule has 0 radical (unpaired) electrons. The maximum Gasteiger partial charge on any atom is 0.0178 e. The first-order valence-electron chi connectivity index (χ1n) is 7.07. The third-order valence-corrected chi connectivity index (χ3v) is 4.13. The predicted molar refractivity (Wildman–Crippen MR) is 84.1 cm³/mol. The average Bonchev–Trinajstić information content (AvgIpc) is 2.34. The summed E-state index contributed by atoms with van der Waals surface area (Å²) in [6.45, 7) is 10.1. The van der Waals surface area contributed by atoms with Crippen molar-refractivity contribution in [3.05, 3.63) is 34.3 Å². The molecule has 1 N–H and O–H groups in total. The van der Waals surface area contributed by atoms with E-state index in [-0.39, 0.29) is 0 Å². The summed E-state index contributed by atoms with van der Waals surface area (Å²) in [5, 5.41) is 3.60. The standard InChI is InChI=1S/C16H26BrN/c1-5-13(6-2)16(11-18-12(3)4)14-8-7-9-15(17)10-14/h7-10,12-13,16,18H,5-6,11H2,1-4H3. The lowest BCUT2D eigenvalue weighted by molar-refractivity contribution is 0.370. The molecule has 0 amide bonds. The van der Waals surface area contributed by atoms with Gasteiger partial charge in [0.25, 0.3) is 0 Å². The Hall–Kier alpha value is -0.340. The van der Waals surface area contributed by atoms with E-state index in [2.05, 4.69) is 73.2 Å². The predicted octanol–water partition coefficient (Wildman–Crippen LogP) is 4.97. The Morgan fingerprint density at radius 2 is 1.83 bits per heavy atom. The SMILES string of the molecule is CCC(CC)C(CNC(C)C)c1cccc(Br)c1. The number of nitrogens with one attached hydrogen (secondary N) is 1. The molecule has 0 aliphatic heterocycles. The zero-order valence-electron chi connectivity index (χ0n) is 12.0. The van der Waals surface area contributed by atoms with Crippen molar-refractivity contribution in [2.45, 2.75) is 52.5 Å². The topological polar surface area (TPSA) is 12.0 Å². The largest absolute Gasteiger partial charge is 0.314 e. The fraction of sp³-hybridized carbons (Fsp3) is 0.625. The van der Waals surface area contributed by atoms with E-state index in [4.69, 9.17) is 0 Å². The van der Waals surface area contributed by atoms with Gasteiger partial charge in [0.1, 0.15) is 0 Å². The van der Waals surface area contributed by atoms with Crippen LogP contribution in [0.5, 0.6) is 0 Å². The lowest BCUT2D eigenvalue weighted by Crippen LogP contribution is -2.31. The van der Waals surface area contributed by atoms with E-state index in [0.717, 1.165) is 12.5 Å². The van der Waals surface area contributed by atoms with Crippen molar-refractivity contribution in [1.82, 2.24) is 5.32 Å². The lowest BCUT2D eigenvalue weighted by atomic mass is 9.82. The normalized spacial score (nSPS) is 13.3. The molecule has 0 fully saturated rings. The Labute approximate surface area is 120 Å². The molecule has 0 bridgehead atoms. The summed E-state index contributed by atoms with van der Waals surface area (Å²) in [4.78, 5) is 0. The average molecular weight is 312 g/mol. The molecular formula is C16H26BrN. The van der Waals surface area contributed by atoms with Crippen LogP contribution in [0.1, 0.15) is 52.0 Å². The first-order valence-corrected chi connectivity index (χ1v) is 7.86. The molecule has 0 saturated heterocycles. The monoisotopic (exact) mass is 311 g/mol. The summed E-state index contributed by atoms with van der Waals surface area (Å²) in [7, 11) is 0. The van der Waals surface area contributed by atoms with Gasteiger partial charge in [-0.25, -0.2) is 0 Å². The second-order valence-electron chi connectivity index (χ2n) is 5.30. The van der Waals surface area contributed by atoms with Crippen molar-refractivity contribution >= 4 is 15.9 Å². The minimum atomic E-state index is 0.550. The van der Waals surface area contributed by atoms with Gasteiger partial charge in [0, 0.05) is 17.1 Å². The summed E-state index contributed by atoms with van der Waals surface area (Å²) in [5.74, 6) is 1.37. The Morgan fingerprint density at radius 1 is 1.17 bits per heavy atom. The number of benzene rings is 1. The van der Waals surface area contributed by atoms with Crippen LogP contribution >= 0.6 is 15.9 Å². The van der Waals surface area contributed by atoms with E-state index in [9.17, 15) is 0 Å². The van der Waals surface area contributed by atoms with Crippen molar-refractivity contribution in [2.24, 2.45) is 5.92 Å². The first kappa shape index (κ1) is 15.7. The fourth-order valence-electron chi connectivity index (χ4n) is 2.51. The third kappa shape index (κ3) is 4.74. The Bertz CT molecular complexity index is 345. The molecule has 0 aliphatic carbocycles. The smallest absolute Gasteiger partial charge is 0.0178 e. The quantitative estimate of drug-likeness (QED) is 0.750. The molecule has 1 atom stereocenters. The van der Waals surface area contributed by atoms with Crippen molar-refractivity contribution < 1.29 is 0 Å². The van der Waals surface area contributed by atoms with E-state index < -0.39 is 0 Å². The molecule has 0 aromatic heterocycles. The summed E-state index contributed by atoms with van der Waals surface area (Å²) in [6, 6.07) is 9.32. The Balaban J connectivity index is 2.88. The molecule has 18 heavy (non-hydrogen) atoms. The van der Waals surface area contributed by atoms with Crippen molar-refractivity contribution in [1.29, 1.82) is 0 Å². The van der Waals surface area contributed by atoms with Gasteiger partial charge in [0.15, 0.2) is 0 Å². The molecule has 0 saturated carbocycles. The molecule has 0 heterocycles. The van der Waals surface area contributed by atoms with Crippen LogP contribution in [0, 0.1) is 5.92 Å². The summed E-state index contributed by atoms with van der Waals surface area (Å²) in [5.41, 5.74) is 1.45. The molecule has 0 spiro atoms. The molecule has 102 valence electrons. The molecule has 1 aromatic carbocycles. The van der Waals surface area contributed by atoms with Gasteiger partial charge in [-0.2, -0.15) is 0 Å². The number of halogens is 1. The zero-order chi connectivity index (χ0) is 13.5. The Kier molecular flexibility index (Phi) is 6.95. The Morgan fingerprint density at radius 3 is 2.33 bits per heavy atom. The molecule has 1 nitrogen and oxygen atoms in total. The zero-order valence-corrected chi connectivity index (χ0v) is 13.6. The summed E-state index contributed by atoms with van der Waals surface area (Å²) >= 11 is 3.58. The highest BCUT2D eigenvalue weighted by atomic mass is 79.9. The molecule has 1 unspecified atom stereocenters. The van der Waals surface area contributed by atoms with Gasteiger partial charge in [-0.3, -0.25) is 0 Å². The van der Waals surface area contributed by atoms with Crippen LogP contribution in [0.25, 0.3) is 0 Å². The third-order valence-electron chi connectivity index (χ3n) is 3.64. The van der Waals surface area contributed by atoms with E-state index in [1.807, 2.05) is 0 Å². The van der Waals surface area contributed by atoms with Gasteiger partial charge in [-0.15, -0.1) is 0 Å². The molecule has 1 aromatic rings. The van der Waals surface area contributed by atoms with Gasteiger partial charge in [0.05, 0.1) is 0 Å². The maximum atomic E-state index is 3.60. The van der Waals surface area contributed by atoms with E-state index >= 15 is 0 Å². The highest BCUT2D eigenvalue weighted by molar-refractivity contribution is 9.10. The molecule has 1 rings (SSSR count). The van der Waals surface area contributed by atoms with Gasteiger partial charge >= 0.3 is 0 Å². The summed E-state index contributed by atoms with van der Waals surface area (Å²) in [6.07, 6.45) is 2.49. The molecule has 0 aliphatic rings. The first-order chi connectivity index (χ1) is 8.58. The minimum absolute atomic E-state index is 0.550. The molecular weight excluding hydrogens is 286 g/mol. The van der Waals surface area contributed by atoms with Crippen LogP contribution in [-0.2, 0) is 0 Å². The van der Waals surface area contributed by atoms with E-state index in [1.165, 1.54) is 22.9 Å². The number of hydrogen-bond donors (Lipinski definition) is 1. The van der Waals surface area contributed by atoms with E-state index in [1.54, 1.807) is 0 Å². The van der Waals surface area contributed by atoms with Crippen LogP contribution in [0.2, 0.25) is 0 Å². The second kappa shape index (κ2) is 7.96. The van der Waals surface area contributed by atoms with E-state index in [0.29, 0.717) is 12.0 Å². The number of hydrogen-bond acceptors (Lipinski definition) is 1.